The van der Waals surface area contributed by atoms with Crippen LogP contribution in [-0.2, 0) is 14.3 Å². The van der Waals surface area contributed by atoms with E-state index in [-0.39, 0.29) is 5.15 Å². The van der Waals surface area contributed by atoms with Crippen LogP contribution in [0.2, 0.25) is 5.15 Å². The van der Waals surface area contributed by atoms with E-state index >= 15 is 0 Å². The minimum Gasteiger partial charge on any atom is -0.493 e. The molecule has 0 aliphatic heterocycles. The Balaban J connectivity index is 1.94. The van der Waals surface area contributed by atoms with Crippen molar-refractivity contribution in [3.63, 3.8) is 0 Å². The average molecular weight is 375 g/mol. The summed E-state index contributed by atoms with van der Waals surface area (Å²) in [5.74, 6) is -0.483. The molecular formula is C19H19ClN2O4. The van der Waals surface area contributed by atoms with Gasteiger partial charge >= 0.3 is 5.97 Å². The molecule has 26 heavy (non-hydrogen) atoms. The molecule has 0 aliphatic rings. The van der Waals surface area contributed by atoms with Gasteiger partial charge in [0.15, 0.2) is 11.3 Å². The molecule has 2 aromatic rings. The van der Waals surface area contributed by atoms with Gasteiger partial charge in [-0.25, -0.2) is 9.78 Å². The van der Waals surface area contributed by atoms with E-state index in [9.17, 15) is 9.59 Å². The second-order valence-corrected chi connectivity index (χ2v) is 5.57. The second-order valence-electron chi connectivity index (χ2n) is 5.21. The lowest BCUT2D eigenvalue weighted by Gasteiger charge is -2.12. The van der Waals surface area contributed by atoms with Crippen molar-refractivity contribution in [1.82, 2.24) is 4.98 Å². The summed E-state index contributed by atoms with van der Waals surface area (Å²) in [6, 6.07) is 10.5. The maximum atomic E-state index is 12.1. The van der Waals surface area contributed by atoms with Crippen LogP contribution in [0.4, 0.5) is 5.69 Å². The number of pyridine rings is 1. The smallest absolute Gasteiger partial charge is 0.331 e. The molecule has 6 nitrogen and oxygen atoms in total. The number of anilines is 1. The number of nitrogens with zero attached hydrogens (tertiary/aromatic N) is 1. The lowest BCUT2D eigenvalue weighted by molar-refractivity contribution is -0.148. The highest BCUT2D eigenvalue weighted by Gasteiger charge is 2.17. The van der Waals surface area contributed by atoms with Crippen LogP contribution in [-0.4, -0.2) is 29.6 Å². The number of benzene rings is 1. The van der Waals surface area contributed by atoms with Crippen LogP contribution in [0.15, 0.2) is 48.7 Å². The first-order chi connectivity index (χ1) is 12.5. The third-order valence-electron chi connectivity index (χ3n) is 3.30. The van der Waals surface area contributed by atoms with Gasteiger partial charge in [0, 0.05) is 17.8 Å². The number of nitrogens with one attached hydrogen (secondary N) is 1. The van der Waals surface area contributed by atoms with Crippen molar-refractivity contribution in [2.24, 2.45) is 0 Å². The number of carbonyl (C=O) groups is 2. The maximum absolute atomic E-state index is 12.1. The molecule has 1 aromatic carbocycles. The third kappa shape index (κ3) is 5.60. The number of halogens is 1. The Morgan fingerprint density at radius 1 is 1.27 bits per heavy atom. The summed E-state index contributed by atoms with van der Waals surface area (Å²) < 4.78 is 10.6. The maximum Gasteiger partial charge on any atom is 0.331 e. The van der Waals surface area contributed by atoms with Crippen LogP contribution < -0.4 is 10.1 Å². The molecule has 0 spiro atoms. The topological polar surface area (TPSA) is 77.5 Å². The lowest BCUT2D eigenvalue weighted by atomic mass is 10.2. The van der Waals surface area contributed by atoms with Crippen molar-refractivity contribution < 1.29 is 19.1 Å². The van der Waals surface area contributed by atoms with E-state index in [1.165, 1.54) is 19.2 Å². The minimum atomic E-state index is -0.995. The number of aromatic nitrogens is 1. The molecular weight excluding hydrogens is 356 g/mol. The first-order valence-electron chi connectivity index (χ1n) is 8.03. The Morgan fingerprint density at radius 3 is 2.77 bits per heavy atom. The summed E-state index contributed by atoms with van der Waals surface area (Å²) in [6.07, 6.45) is 3.34. The molecule has 1 N–H and O–H groups in total. The van der Waals surface area contributed by atoms with E-state index in [1.807, 2.05) is 31.2 Å². The van der Waals surface area contributed by atoms with Gasteiger partial charge < -0.3 is 14.8 Å². The number of hydrogen-bond acceptors (Lipinski definition) is 5. The molecule has 0 fully saturated rings. The van der Waals surface area contributed by atoms with Gasteiger partial charge in [0.1, 0.15) is 5.75 Å². The molecule has 136 valence electrons. The Morgan fingerprint density at radius 2 is 2.04 bits per heavy atom. The fraction of sp³-hybridized carbons (Fsp3) is 0.211. The van der Waals surface area contributed by atoms with Gasteiger partial charge in [-0.05, 0) is 38.1 Å². The normalized spacial score (nSPS) is 11.8. The van der Waals surface area contributed by atoms with Crippen molar-refractivity contribution in [3.05, 3.63) is 59.4 Å². The fourth-order valence-electron chi connectivity index (χ4n) is 2.04. The molecule has 1 aromatic heterocycles. The van der Waals surface area contributed by atoms with E-state index in [2.05, 4.69) is 10.3 Å². The number of ether oxygens (including phenoxy) is 2. The number of rotatable bonds is 7. The molecule has 0 unspecified atom stereocenters. The monoisotopic (exact) mass is 374 g/mol. The Hall–Kier alpha value is -2.86. The van der Waals surface area contributed by atoms with Gasteiger partial charge in [-0.1, -0.05) is 29.8 Å². The van der Waals surface area contributed by atoms with Crippen LogP contribution in [0.3, 0.4) is 0 Å². The number of para-hydroxylation sites is 1. The third-order valence-corrected chi connectivity index (χ3v) is 3.60. The Labute approximate surface area is 156 Å². The van der Waals surface area contributed by atoms with Gasteiger partial charge in [0.05, 0.1) is 12.3 Å². The van der Waals surface area contributed by atoms with Crippen molar-refractivity contribution in [2.75, 3.05) is 11.9 Å². The van der Waals surface area contributed by atoms with Crippen LogP contribution in [0, 0.1) is 0 Å². The van der Waals surface area contributed by atoms with Gasteiger partial charge in [-0.2, -0.15) is 0 Å². The SMILES string of the molecule is CCOc1ccccc1/C=C/C(=O)O[C@@H](C)C(=O)Nc1cccnc1Cl. The number of amides is 1. The summed E-state index contributed by atoms with van der Waals surface area (Å²) in [5.41, 5.74) is 1.09. The van der Waals surface area contributed by atoms with Gasteiger partial charge in [-0.15, -0.1) is 0 Å². The molecule has 1 atom stereocenters. The summed E-state index contributed by atoms with van der Waals surface area (Å²) >= 11 is 5.88. The average Bonchev–Trinajstić information content (AvgIpc) is 2.63. The van der Waals surface area contributed by atoms with Crippen molar-refractivity contribution in [2.45, 2.75) is 20.0 Å². The highest BCUT2D eigenvalue weighted by Crippen LogP contribution is 2.20. The fourth-order valence-corrected chi connectivity index (χ4v) is 2.21. The van der Waals surface area contributed by atoms with E-state index in [1.54, 1.807) is 18.2 Å². The molecule has 0 saturated heterocycles. The predicted octanol–water partition coefficient (Wildman–Crippen LogP) is 3.72. The lowest BCUT2D eigenvalue weighted by Crippen LogP contribution is -2.29. The second kappa shape index (κ2) is 9.58. The van der Waals surface area contributed by atoms with E-state index in [4.69, 9.17) is 21.1 Å². The summed E-state index contributed by atoms with van der Waals surface area (Å²) in [4.78, 5) is 27.9. The van der Waals surface area contributed by atoms with E-state index in [0.717, 1.165) is 5.56 Å². The van der Waals surface area contributed by atoms with E-state index < -0.39 is 18.0 Å². The van der Waals surface area contributed by atoms with Gasteiger partial charge in [0.2, 0.25) is 0 Å². The number of esters is 1. The van der Waals surface area contributed by atoms with Gasteiger partial charge in [0.25, 0.3) is 5.91 Å². The van der Waals surface area contributed by atoms with Crippen LogP contribution in [0.5, 0.6) is 5.75 Å². The molecule has 1 amide bonds. The van der Waals surface area contributed by atoms with Gasteiger partial charge in [-0.3, -0.25) is 4.79 Å². The predicted molar refractivity (Wildman–Crippen MR) is 100 cm³/mol. The first-order valence-corrected chi connectivity index (χ1v) is 8.41. The van der Waals surface area contributed by atoms with Crippen molar-refractivity contribution >= 4 is 35.2 Å². The Kier molecular flexibility index (Phi) is 7.17. The van der Waals surface area contributed by atoms with Crippen molar-refractivity contribution in [3.8, 4) is 5.75 Å². The molecule has 0 aliphatic carbocycles. The molecule has 2 rings (SSSR count). The highest BCUT2D eigenvalue weighted by molar-refractivity contribution is 6.32. The largest absolute Gasteiger partial charge is 0.493 e. The summed E-state index contributed by atoms with van der Waals surface area (Å²) in [7, 11) is 0. The van der Waals surface area contributed by atoms with Crippen LogP contribution in [0.1, 0.15) is 19.4 Å². The summed E-state index contributed by atoms with van der Waals surface area (Å²) in [5, 5.41) is 2.72. The zero-order valence-corrected chi connectivity index (χ0v) is 15.2. The standard InChI is InChI=1S/C19H19ClN2O4/c1-3-25-16-9-5-4-7-14(16)10-11-17(23)26-13(2)19(24)22-15-8-6-12-21-18(15)20/h4-13H,3H2,1-2H3,(H,22,24)/b11-10+/t13-/m0/s1. The zero-order valence-electron chi connectivity index (χ0n) is 14.4. The van der Waals surface area contributed by atoms with Crippen LogP contribution >= 0.6 is 11.6 Å². The summed E-state index contributed by atoms with van der Waals surface area (Å²) in [6.45, 7) is 3.87. The number of carbonyl (C=O) groups excluding carboxylic acids is 2. The van der Waals surface area contributed by atoms with Crippen LogP contribution in [0.25, 0.3) is 6.08 Å². The van der Waals surface area contributed by atoms with E-state index in [0.29, 0.717) is 18.0 Å². The molecule has 1 heterocycles. The molecule has 0 radical (unpaired) electrons. The zero-order chi connectivity index (χ0) is 18.9. The molecule has 7 heteroatoms. The Bertz CT molecular complexity index is 808. The van der Waals surface area contributed by atoms with Crippen molar-refractivity contribution in [1.29, 1.82) is 0 Å². The number of hydrogen-bond donors (Lipinski definition) is 1. The minimum absolute atomic E-state index is 0.159. The first kappa shape index (κ1) is 19.5. The molecule has 0 saturated carbocycles. The highest BCUT2D eigenvalue weighted by atomic mass is 35.5. The quantitative estimate of drug-likeness (QED) is 0.454. The molecule has 0 bridgehead atoms.